The van der Waals surface area contributed by atoms with Gasteiger partial charge in [0.05, 0.1) is 29.2 Å². The summed E-state index contributed by atoms with van der Waals surface area (Å²) in [7, 11) is -0.687. The molecular formula is C36H47ClN2O6S. The molecule has 0 saturated heterocycles. The average molecular weight is 671 g/mol. The largest absolute Gasteiger partial charge is 0.490 e. The summed E-state index contributed by atoms with van der Waals surface area (Å²) in [5, 5.41) is -0.0740. The highest BCUT2D eigenvalue weighted by molar-refractivity contribution is 7.90. The van der Waals surface area contributed by atoms with Crippen molar-refractivity contribution in [3.8, 4) is 5.75 Å². The lowest BCUT2D eigenvalue weighted by atomic mass is 9.68. The average Bonchev–Trinajstić information content (AvgIpc) is 3.16. The van der Waals surface area contributed by atoms with Gasteiger partial charge in [-0.15, -0.1) is 0 Å². The highest BCUT2D eigenvalue weighted by Crippen LogP contribution is 2.47. The second-order valence-electron chi connectivity index (χ2n) is 14.3. The monoisotopic (exact) mass is 670 g/mol. The number of ether oxygens (including phenoxy) is 3. The van der Waals surface area contributed by atoms with Crippen molar-refractivity contribution in [2.24, 2.45) is 11.8 Å². The smallest absolute Gasteiger partial charge is 0.264 e. The van der Waals surface area contributed by atoms with Crippen LogP contribution in [-0.2, 0) is 31.3 Å². The van der Waals surface area contributed by atoms with Gasteiger partial charge in [-0.1, -0.05) is 29.8 Å². The van der Waals surface area contributed by atoms with Crippen LogP contribution in [0.4, 0.5) is 5.69 Å². The molecule has 2 heterocycles. The van der Waals surface area contributed by atoms with Crippen molar-refractivity contribution in [3.05, 3.63) is 70.3 Å². The predicted molar refractivity (Wildman–Crippen MR) is 181 cm³/mol. The van der Waals surface area contributed by atoms with Crippen molar-refractivity contribution in [2.45, 2.75) is 87.6 Å². The number of nitrogens with zero attached hydrogens (tertiary/aromatic N) is 1. The second kappa shape index (κ2) is 13.1. The number of carbonyl (C=O) groups is 1. The molecule has 5 atom stereocenters. The molecule has 2 bridgehead atoms. The van der Waals surface area contributed by atoms with E-state index in [1.54, 1.807) is 20.3 Å². The standard InChI is InChI=1S/C36H47ClN2O6S/c1-35(2,44-4)20-28-9-5-6-10-32(43-3)29-14-11-26(29)21-39-22-36(17-7-8-24-18-27(37)13-15-30(24)36)23-45-33-16-12-25(19-31(33)39)34(40)38-46(28,41)42/h6,10,12-13,15-16,18-19,26,28-29,32H,5,7-9,11,14,17,20-23H2,1-4H3,(H,38,40)/b10-6+/t26-,28+,29+,32-,36-/m0/s1. The Morgan fingerprint density at radius 2 is 1.96 bits per heavy atom. The van der Waals surface area contributed by atoms with E-state index in [0.717, 1.165) is 55.9 Å². The minimum atomic E-state index is -4.02. The predicted octanol–water partition coefficient (Wildman–Crippen LogP) is 6.45. The molecule has 2 aliphatic carbocycles. The van der Waals surface area contributed by atoms with Crippen LogP contribution >= 0.6 is 11.6 Å². The van der Waals surface area contributed by atoms with Gasteiger partial charge < -0.3 is 19.1 Å². The number of hydrogen-bond acceptors (Lipinski definition) is 7. The van der Waals surface area contributed by atoms with E-state index in [0.29, 0.717) is 42.6 Å². The number of aryl methyl sites for hydroxylation is 1. The molecule has 10 heteroatoms. The Labute approximate surface area is 278 Å². The molecule has 6 rings (SSSR count). The minimum absolute atomic E-state index is 0.0580. The molecule has 1 fully saturated rings. The third-order valence-electron chi connectivity index (χ3n) is 10.9. The summed E-state index contributed by atoms with van der Waals surface area (Å²) in [6, 6.07) is 11.5. The Kier molecular flexibility index (Phi) is 9.51. The van der Waals surface area contributed by atoms with Gasteiger partial charge >= 0.3 is 0 Å². The summed E-state index contributed by atoms with van der Waals surface area (Å²) < 4.78 is 48.1. The van der Waals surface area contributed by atoms with E-state index < -0.39 is 26.8 Å². The van der Waals surface area contributed by atoms with Crippen LogP contribution in [0.1, 0.15) is 80.3 Å². The first-order valence-corrected chi connectivity index (χ1v) is 18.5. The van der Waals surface area contributed by atoms with Gasteiger partial charge in [0, 0.05) is 43.3 Å². The molecule has 1 spiro atoms. The minimum Gasteiger partial charge on any atom is -0.490 e. The number of sulfonamides is 1. The first-order valence-electron chi connectivity index (χ1n) is 16.5. The number of rotatable bonds is 4. The van der Waals surface area contributed by atoms with E-state index in [2.05, 4.69) is 27.8 Å². The van der Waals surface area contributed by atoms with Crippen molar-refractivity contribution in [1.82, 2.24) is 4.72 Å². The number of amides is 1. The van der Waals surface area contributed by atoms with Crippen molar-refractivity contribution in [3.63, 3.8) is 0 Å². The number of halogens is 1. The van der Waals surface area contributed by atoms with Gasteiger partial charge in [-0.2, -0.15) is 0 Å². The lowest BCUT2D eigenvalue weighted by molar-refractivity contribution is 0.0127. The Hall–Kier alpha value is -2.59. The van der Waals surface area contributed by atoms with E-state index in [1.807, 2.05) is 38.1 Å². The number of carbonyl (C=O) groups excluding carboxylic acids is 1. The summed E-state index contributed by atoms with van der Waals surface area (Å²) in [4.78, 5) is 16.0. The van der Waals surface area contributed by atoms with Crippen LogP contribution in [0.3, 0.4) is 0 Å². The molecule has 2 aromatic carbocycles. The van der Waals surface area contributed by atoms with E-state index in [4.69, 9.17) is 25.8 Å². The van der Waals surface area contributed by atoms with Gasteiger partial charge in [0.15, 0.2) is 0 Å². The van der Waals surface area contributed by atoms with Crippen LogP contribution in [0.5, 0.6) is 5.75 Å². The third kappa shape index (κ3) is 6.71. The van der Waals surface area contributed by atoms with E-state index >= 15 is 0 Å². The molecule has 8 nitrogen and oxygen atoms in total. The summed E-state index contributed by atoms with van der Waals surface area (Å²) in [6.45, 7) is 5.76. The van der Waals surface area contributed by atoms with E-state index in [9.17, 15) is 13.2 Å². The summed E-state index contributed by atoms with van der Waals surface area (Å²) >= 11 is 6.43. The first-order chi connectivity index (χ1) is 21.9. The highest BCUT2D eigenvalue weighted by Gasteiger charge is 2.44. The molecule has 0 unspecified atom stereocenters. The van der Waals surface area contributed by atoms with Crippen molar-refractivity contribution >= 4 is 33.2 Å². The number of allylic oxidation sites excluding steroid dienone is 1. The van der Waals surface area contributed by atoms with Crippen LogP contribution in [0.25, 0.3) is 0 Å². The molecule has 4 aliphatic rings. The van der Waals surface area contributed by atoms with Crippen LogP contribution < -0.4 is 14.4 Å². The fourth-order valence-electron chi connectivity index (χ4n) is 7.97. The van der Waals surface area contributed by atoms with E-state index in [1.165, 1.54) is 11.1 Å². The number of benzene rings is 2. The number of nitrogens with one attached hydrogen (secondary N) is 1. The van der Waals surface area contributed by atoms with Crippen molar-refractivity contribution < 1.29 is 27.4 Å². The second-order valence-corrected chi connectivity index (χ2v) is 16.7. The first kappa shape index (κ1) is 33.3. The molecule has 2 aromatic rings. The van der Waals surface area contributed by atoms with Gasteiger partial charge in [0.25, 0.3) is 5.91 Å². The lowest BCUT2D eigenvalue weighted by Gasteiger charge is -2.46. The molecule has 0 radical (unpaired) electrons. The lowest BCUT2D eigenvalue weighted by Crippen LogP contribution is -2.49. The molecule has 250 valence electrons. The number of fused-ring (bicyclic) bond motifs is 4. The fourth-order valence-corrected chi connectivity index (χ4v) is 9.78. The van der Waals surface area contributed by atoms with E-state index in [-0.39, 0.29) is 17.9 Å². The quantitative estimate of drug-likeness (QED) is 0.374. The zero-order chi connectivity index (χ0) is 32.7. The summed E-state index contributed by atoms with van der Waals surface area (Å²) in [5.41, 5.74) is 2.74. The maximum Gasteiger partial charge on any atom is 0.264 e. The number of anilines is 1. The molecule has 1 saturated carbocycles. The van der Waals surface area contributed by atoms with Crippen LogP contribution in [0.2, 0.25) is 5.02 Å². The SMILES string of the molecule is CO[C@H]1/C=C/CC[C@H](CC(C)(C)OC)S(=O)(=O)NC(=O)c2ccc3c(c2)N(C[C@@H]2CC[C@H]21)C[C@@]1(CCCc2cc(Cl)ccc21)CO3. The van der Waals surface area contributed by atoms with Gasteiger partial charge in [-0.05, 0) is 119 Å². The normalized spacial score (nSPS) is 30.2. The molecular weight excluding hydrogens is 624 g/mol. The number of hydrogen-bond donors (Lipinski definition) is 1. The van der Waals surface area contributed by atoms with Crippen LogP contribution in [-0.4, -0.2) is 65.2 Å². The maximum absolute atomic E-state index is 13.7. The Balaban J connectivity index is 1.41. The topological polar surface area (TPSA) is 94.2 Å². The van der Waals surface area contributed by atoms with Crippen molar-refractivity contribution in [1.29, 1.82) is 0 Å². The highest BCUT2D eigenvalue weighted by atomic mass is 35.5. The molecule has 46 heavy (non-hydrogen) atoms. The van der Waals surface area contributed by atoms with Gasteiger partial charge in [-0.3, -0.25) is 4.79 Å². The van der Waals surface area contributed by atoms with Crippen molar-refractivity contribution in [2.75, 3.05) is 38.8 Å². The van der Waals surface area contributed by atoms with Crippen LogP contribution in [0, 0.1) is 11.8 Å². The van der Waals surface area contributed by atoms with Gasteiger partial charge in [0.2, 0.25) is 10.0 Å². The number of methoxy groups -OCH3 is 2. The van der Waals surface area contributed by atoms with Gasteiger partial charge in [-0.25, -0.2) is 13.1 Å². The molecule has 1 amide bonds. The molecule has 2 aliphatic heterocycles. The van der Waals surface area contributed by atoms with Gasteiger partial charge in [0.1, 0.15) is 5.75 Å². The Bertz CT molecular complexity index is 1590. The zero-order valence-corrected chi connectivity index (χ0v) is 29.0. The Morgan fingerprint density at radius 3 is 2.70 bits per heavy atom. The maximum atomic E-state index is 13.7. The zero-order valence-electron chi connectivity index (χ0n) is 27.4. The third-order valence-corrected chi connectivity index (χ3v) is 12.8. The van der Waals surface area contributed by atoms with Crippen LogP contribution in [0.15, 0.2) is 48.6 Å². The molecule has 1 N–H and O–H groups in total. The Morgan fingerprint density at radius 1 is 1.13 bits per heavy atom. The molecule has 0 aromatic heterocycles. The fraction of sp³-hybridized carbons (Fsp3) is 0.583. The summed E-state index contributed by atoms with van der Waals surface area (Å²) in [5.74, 6) is 0.806. The summed E-state index contributed by atoms with van der Waals surface area (Å²) in [6.07, 6.45) is 10.4.